The van der Waals surface area contributed by atoms with Crippen LogP contribution in [0.25, 0.3) is 0 Å². The molecule has 0 radical (unpaired) electrons. The van der Waals surface area contributed by atoms with Crippen LogP contribution >= 0.6 is 73.9 Å². The van der Waals surface area contributed by atoms with E-state index in [0.29, 0.717) is 0 Å². The highest BCUT2D eigenvalue weighted by Gasteiger charge is 2.24. The van der Waals surface area contributed by atoms with E-state index in [1.165, 1.54) is 55.9 Å². The van der Waals surface area contributed by atoms with Crippen LogP contribution in [0.5, 0.6) is 11.8 Å². The summed E-state index contributed by atoms with van der Waals surface area (Å²) < 4.78 is 66.2. The Morgan fingerprint density at radius 2 is 1.38 bits per heavy atom. The predicted octanol–water partition coefficient (Wildman–Crippen LogP) is 6.91. The molecule has 0 aliphatic heterocycles. The number of nitrogens with one attached hydrogen (secondary N) is 2. The summed E-state index contributed by atoms with van der Waals surface area (Å²) >= 11 is 32.9. The van der Waals surface area contributed by atoms with Gasteiger partial charge in [-0.2, -0.15) is 9.97 Å². The van der Waals surface area contributed by atoms with Crippen LogP contribution in [0.4, 0.5) is 11.6 Å². The molecule has 3 N–H and O–H groups in total. The lowest BCUT2D eigenvalue weighted by atomic mass is 10.3. The number of pyridine rings is 1. The summed E-state index contributed by atoms with van der Waals surface area (Å²) in [5.41, 5.74) is 0.937. The molecule has 0 aliphatic carbocycles. The molecule has 272 valence electrons. The molecule has 0 spiro atoms. The Hall–Kier alpha value is -3.70. The largest absolute Gasteiger partial charge is 0.478 e. The molecular formula is C30H21BrCl5N7O7S2. The summed E-state index contributed by atoms with van der Waals surface area (Å²) in [5, 5.41) is 8.69. The summed E-state index contributed by atoms with van der Waals surface area (Å²) in [6.45, 7) is -0.278. The third-order valence-corrected chi connectivity index (χ3v) is 11.2. The van der Waals surface area contributed by atoms with Crippen LogP contribution in [0, 0.1) is 11.8 Å². The van der Waals surface area contributed by atoms with E-state index in [0.717, 1.165) is 10.0 Å². The number of nitrogens with zero attached hydrogens (tertiary/aromatic N) is 5. The van der Waals surface area contributed by atoms with Crippen molar-refractivity contribution in [1.29, 1.82) is 0 Å². The first-order valence-corrected chi connectivity index (χ1v) is 19.5. The van der Waals surface area contributed by atoms with E-state index in [-0.39, 0.29) is 77.3 Å². The number of aromatic nitrogens is 5. The molecule has 0 aliphatic rings. The van der Waals surface area contributed by atoms with Gasteiger partial charge in [0.2, 0.25) is 11.6 Å². The fraction of sp³-hybridized carbons (Fsp3) is 0.100. The molecular weight excluding hydrogens is 892 g/mol. The van der Waals surface area contributed by atoms with Gasteiger partial charge in [-0.25, -0.2) is 26.8 Å². The lowest BCUT2D eigenvalue weighted by Crippen LogP contribution is -2.16. The van der Waals surface area contributed by atoms with Gasteiger partial charge in [-0.1, -0.05) is 76.1 Å². The van der Waals surface area contributed by atoms with Crippen molar-refractivity contribution in [2.45, 2.75) is 16.4 Å². The summed E-state index contributed by atoms with van der Waals surface area (Å²) in [6, 6.07) is 10.3. The molecule has 0 unspecified atom stereocenters. The van der Waals surface area contributed by atoms with Crippen LogP contribution in [0.15, 0.2) is 81.5 Å². The van der Waals surface area contributed by atoms with Crippen LogP contribution in [0.2, 0.25) is 25.2 Å². The van der Waals surface area contributed by atoms with Crippen LogP contribution < -0.4 is 18.9 Å². The molecule has 0 saturated carbocycles. The van der Waals surface area contributed by atoms with E-state index >= 15 is 0 Å². The number of anilines is 2. The Morgan fingerprint density at radius 1 is 0.808 bits per heavy atom. The van der Waals surface area contributed by atoms with Crippen molar-refractivity contribution < 1.29 is 31.4 Å². The number of rotatable bonds is 10. The minimum absolute atomic E-state index is 0.0334. The number of hydrogen-bond acceptors (Lipinski definition) is 12. The van der Waals surface area contributed by atoms with Gasteiger partial charge in [0.1, 0.15) is 28.7 Å². The lowest BCUT2D eigenvalue weighted by molar-refractivity contribution is 0.294. The number of aliphatic hydroxyl groups is 1. The molecule has 0 amide bonds. The van der Waals surface area contributed by atoms with Crippen LogP contribution in [-0.4, -0.2) is 60.6 Å². The number of methoxy groups -OCH3 is 1. The van der Waals surface area contributed by atoms with Gasteiger partial charge in [0.05, 0.1) is 39.6 Å². The maximum Gasteiger partial charge on any atom is 0.264 e. The average Bonchev–Trinajstić information content (AvgIpc) is 3.10. The van der Waals surface area contributed by atoms with Gasteiger partial charge >= 0.3 is 0 Å². The van der Waals surface area contributed by atoms with E-state index in [1.54, 1.807) is 18.5 Å². The molecule has 5 rings (SSSR count). The summed E-state index contributed by atoms with van der Waals surface area (Å²) in [4.78, 5) is 19.5. The number of halogens is 6. The van der Waals surface area contributed by atoms with E-state index < -0.39 is 20.0 Å². The van der Waals surface area contributed by atoms with Crippen LogP contribution in [0.1, 0.15) is 11.3 Å². The Morgan fingerprint density at radius 3 is 1.94 bits per heavy atom. The van der Waals surface area contributed by atoms with Crippen LogP contribution in [-0.2, 0) is 26.7 Å². The van der Waals surface area contributed by atoms with Crippen LogP contribution in [0.3, 0.4) is 0 Å². The fourth-order valence-corrected chi connectivity index (χ4v) is 7.81. The van der Waals surface area contributed by atoms with Gasteiger partial charge in [-0.15, -0.1) is 0 Å². The second-order valence-corrected chi connectivity index (χ2v) is 15.7. The zero-order valence-electron chi connectivity index (χ0n) is 26.0. The second-order valence-electron chi connectivity index (χ2n) is 9.53. The Kier molecular flexibility index (Phi) is 14.5. The van der Waals surface area contributed by atoms with E-state index in [1.807, 2.05) is 0 Å². The highest BCUT2D eigenvalue weighted by atomic mass is 79.9. The Bertz CT molecular complexity index is 2390. The van der Waals surface area contributed by atoms with E-state index in [2.05, 4.69) is 62.1 Å². The van der Waals surface area contributed by atoms with Gasteiger partial charge in [-0.05, 0) is 52.2 Å². The molecule has 52 heavy (non-hydrogen) atoms. The third-order valence-electron chi connectivity index (χ3n) is 5.95. The second kappa shape index (κ2) is 18.4. The number of aliphatic hydroxyl groups excluding tert-OH is 1. The molecule has 0 atom stereocenters. The number of ether oxygens (including phenoxy) is 2. The number of hydrogen-bond donors (Lipinski definition) is 3. The van der Waals surface area contributed by atoms with Gasteiger partial charge in [-0.3, -0.25) is 14.4 Å². The van der Waals surface area contributed by atoms with Gasteiger partial charge in [0, 0.05) is 22.4 Å². The van der Waals surface area contributed by atoms with Crippen molar-refractivity contribution in [1.82, 2.24) is 24.9 Å². The maximum absolute atomic E-state index is 12.7. The first-order valence-electron chi connectivity index (χ1n) is 13.8. The van der Waals surface area contributed by atoms with Crippen molar-refractivity contribution in [2.24, 2.45) is 0 Å². The molecule has 3 aromatic heterocycles. The van der Waals surface area contributed by atoms with Crippen molar-refractivity contribution in [2.75, 3.05) is 23.2 Å². The zero-order chi connectivity index (χ0) is 38.1. The maximum atomic E-state index is 12.7. The van der Waals surface area contributed by atoms with Crippen molar-refractivity contribution in [3.05, 3.63) is 108 Å². The summed E-state index contributed by atoms with van der Waals surface area (Å²) in [5.74, 6) is 4.47. The van der Waals surface area contributed by atoms with E-state index in [9.17, 15) is 16.8 Å². The summed E-state index contributed by atoms with van der Waals surface area (Å²) in [6.07, 6.45) is 5.64. The quantitative estimate of drug-likeness (QED) is 0.123. The minimum atomic E-state index is -4.10. The molecule has 0 bridgehead atoms. The fourth-order valence-electron chi connectivity index (χ4n) is 3.73. The van der Waals surface area contributed by atoms with Crippen molar-refractivity contribution in [3.8, 4) is 23.6 Å². The predicted molar refractivity (Wildman–Crippen MR) is 200 cm³/mol. The SMILES string of the molecule is COc1nc(C#CCO)cnc1NS(=O)(=O)c1cccc(Cl)c1Cl.O=S(=O)(Nc1ncc(Cl)nc1OCc1cncc(Br)c1)c1cccc(Cl)c1Cl. The molecule has 22 heteroatoms. The highest BCUT2D eigenvalue weighted by molar-refractivity contribution is 9.10. The molecule has 3 heterocycles. The first-order chi connectivity index (χ1) is 24.6. The van der Waals surface area contributed by atoms with Gasteiger partial charge < -0.3 is 14.6 Å². The van der Waals surface area contributed by atoms with Gasteiger partial charge in [0.15, 0.2) is 5.15 Å². The summed E-state index contributed by atoms with van der Waals surface area (Å²) in [7, 11) is -6.85. The normalized spacial score (nSPS) is 11.0. The topological polar surface area (TPSA) is 195 Å². The van der Waals surface area contributed by atoms with Crippen molar-refractivity contribution in [3.63, 3.8) is 0 Å². The number of sulfonamides is 2. The molecule has 0 saturated heterocycles. The minimum Gasteiger partial charge on any atom is -0.478 e. The monoisotopic (exact) mass is 909 g/mol. The highest BCUT2D eigenvalue weighted by Crippen LogP contribution is 2.33. The van der Waals surface area contributed by atoms with E-state index in [4.69, 9.17) is 72.6 Å². The average molecular weight is 913 g/mol. The molecule has 5 aromatic rings. The zero-order valence-corrected chi connectivity index (χ0v) is 33.0. The molecule has 14 nitrogen and oxygen atoms in total. The van der Waals surface area contributed by atoms with Gasteiger partial charge in [0.25, 0.3) is 31.8 Å². The Labute approximate surface area is 331 Å². The third kappa shape index (κ3) is 10.9. The Balaban J connectivity index is 0.000000236. The lowest BCUT2D eigenvalue weighted by Gasteiger charge is -2.13. The standard InChI is InChI=1S/C16H10BrCl3N4O3S.C14H11Cl2N3O4S/c17-10-4-9(5-21-6-10)8-27-16-15(22-7-13(19)23-16)24-28(25,26)12-3-1-2-11(18)14(12)20;1-23-14-13(17-8-9(18-14)4-3-7-20)19-24(21,22)11-6-2-5-10(15)12(11)16/h1-7H,8H2,(H,22,24);2,5-6,8,20H,7H2,1H3,(H,17,19). The molecule has 2 aromatic carbocycles. The smallest absolute Gasteiger partial charge is 0.264 e. The van der Waals surface area contributed by atoms with Crippen molar-refractivity contribution >= 4 is 106 Å². The number of benzene rings is 2. The first kappa shape index (κ1) is 41.1. The molecule has 0 fully saturated rings.